The van der Waals surface area contributed by atoms with Crippen molar-refractivity contribution >= 4 is 27.5 Å². The van der Waals surface area contributed by atoms with Crippen LogP contribution in [0.4, 0.5) is 35.1 Å². The molecule has 3 heterocycles. The van der Waals surface area contributed by atoms with Gasteiger partial charge in [-0.3, -0.25) is 18.2 Å². The molecule has 1 aromatic heterocycles. The molecular formula is C26H24F8N2O3S2. The zero-order chi connectivity index (χ0) is 30.0. The molecule has 41 heavy (non-hydrogen) atoms. The lowest BCUT2D eigenvalue weighted by atomic mass is 9.80. The first-order valence-corrected chi connectivity index (χ1v) is 15.4. The minimum atomic E-state index is -6.33. The number of amides is 1. The molecule has 0 bridgehead atoms. The van der Waals surface area contributed by atoms with Crippen LogP contribution in [-0.4, -0.2) is 60.7 Å². The van der Waals surface area contributed by atoms with Crippen LogP contribution >= 0.6 is 0 Å². The first kappa shape index (κ1) is 30.1. The number of fused-ring (bicyclic) bond motifs is 3. The number of aromatic nitrogens is 1. The summed E-state index contributed by atoms with van der Waals surface area (Å²) in [5, 5.41) is 0. The van der Waals surface area contributed by atoms with Crippen molar-refractivity contribution in [3.63, 3.8) is 0 Å². The van der Waals surface area contributed by atoms with E-state index in [1.165, 1.54) is 17.0 Å². The number of hydrogen-bond donors (Lipinski definition) is 0. The Kier molecular flexibility index (Phi) is 7.61. The molecule has 2 aliphatic heterocycles. The summed E-state index contributed by atoms with van der Waals surface area (Å²) in [6, 6.07) is 4.30. The lowest BCUT2D eigenvalue weighted by molar-refractivity contribution is -0.348. The number of benzene rings is 1. The molecule has 1 aliphatic carbocycles. The zero-order valence-corrected chi connectivity index (χ0v) is 22.9. The number of hydrogen-bond acceptors (Lipinski definition) is 4. The standard InChI is InChI=1S/C26H24F8N2O3S2/c27-18-2-4-19(5-3-18)41(39)23-9-10-36(22(37)15-7-11-40(38)12-8-15)20(23)6-1-16-13-17(14-35-21(16)23)24(28,25(29,30)31)26(32,33)34/h2-5,13-15,20H,1,6-12H2. The van der Waals surface area contributed by atoms with Gasteiger partial charge in [-0.25, -0.2) is 8.78 Å². The van der Waals surface area contributed by atoms with Gasteiger partial charge in [0.2, 0.25) is 5.91 Å². The summed E-state index contributed by atoms with van der Waals surface area (Å²) in [6.45, 7) is 0.0804. The summed E-state index contributed by atoms with van der Waals surface area (Å²) in [5.74, 6) is -0.633. The van der Waals surface area contributed by atoms with Crippen molar-refractivity contribution < 1.29 is 48.3 Å². The second kappa shape index (κ2) is 10.4. The molecule has 0 radical (unpaired) electrons. The third-order valence-electron chi connectivity index (χ3n) is 8.25. The van der Waals surface area contributed by atoms with Gasteiger partial charge in [0.05, 0.1) is 22.5 Å². The van der Waals surface area contributed by atoms with E-state index in [-0.39, 0.29) is 54.1 Å². The molecule has 0 saturated carbocycles. The molecule has 2 saturated heterocycles. The van der Waals surface area contributed by atoms with Crippen LogP contribution in [-0.2, 0) is 43.2 Å². The summed E-state index contributed by atoms with van der Waals surface area (Å²) < 4.78 is 134. The number of aryl methyl sites for hydroxylation is 1. The first-order valence-electron chi connectivity index (χ1n) is 12.8. The van der Waals surface area contributed by atoms with E-state index in [0.29, 0.717) is 30.4 Å². The minimum absolute atomic E-state index is 0.00466. The Morgan fingerprint density at radius 1 is 1.00 bits per heavy atom. The first-order chi connectivity index (χ1) is 19.1. The van der Waals surface area contributed by atoms with Crippen LogP contribution in [0.25, 0.3) is 0 Å². The Morgan fingerprint density at radius 3 is 2.20 bits per heavy atom. The Labute approximate surface area is 234 Å². The summed E-state index contributed by atoms with van der Waals surface area (Å²) >= 11 is 0. The van der Waals surface area contributed by atoms with Crippen LogP contribution < -0.4 is 0 Å². The van der Waals surface area contributed by atoms with E-state index in [9.17, 15) is 48.3 Å². The Hall–Kier alpha value is -2.42. The monoisotopic (exact) mass is 628 g/mol. The molecule has 5 nitrogen and oxygen atoms in total. The van der Waals surface area contributed by atoms with E-state index in [1.54, 1.807) is 0 Å². The fraction of sp³-hybridized carbons (Fsp3) is 0.538. The van der Waals surface area contributed by atoms with Crippen molar-refractivity contribution in [2.24, 2.45) is 5.92 Å². The molecule has 1 aromatic carbocycles. The van der Waals surface area contributed by atoms with E-state index in [0.717, 1.165) is 12.1 Å². The van der Waals surface area contributed by atoms with Gasteiger partial charge in [-0.05, 0) is 68.0 Å². The van der Waals surface area contributed by atoms with Gasteiger partial charge in [0.1, 0.15) is 10.6 Å². The summed E-state index contributed by atoms with van der Waals surface area (Å²) in [5.41, 5.74) is -7.63. The molecular weight excluding hydrogens is 604 g/mol. The normalized spacial score (nSPS) is 27.7. The number of halogens is 8. The summed E-state index contributed by atoms with van der Waals surface area (Å²) in [4.78, 5) is 19.2. The zero-order valence-electron chi connectivity index (χ0n) is 21.2. The molecule has 0 spiro atoms. The van der Waals surface area contributed by atoms with Gasteiger partial charge >= 0.3 is 18.0 Å². The highest BCUT2D eigenvalue weighted by molar-refractivity contribution is 7.86. The maximum absolute atomic E-state index is 14.9. The molecule has 3 aliphatic rings. The third-order valence-corrected chi connectivity index (χ3v) is 11.7. The highest BCUT2D eigenvalue weighted by Gasteiger charge is 2.74. The van der Waals surface area contributed by atoms with Gasteiger partial charge in [-0.15, -0.1) is 0 Å². The molecule has 224 valence electrons. The molecule has 5 rings (SSSR count). The number of alkyl halides is 7. The topological polar surface area (TPSA) is 67.3 Å². The van der Waals surface area contributed by atoms with Gasteiger partial charge in [-0.2, -0.15) is 26.3 Å². The maximum atomic E-state index is 14.9. The molecule has 3 unspecified atom stereocenters. The van der Waals surface area contributed by atoms with Crippen molar-refractivity contribution in [2.75, 3.05) is 18.1 Å². The Bertz CT molecular complexity index is 1370. The number of rotatable bonds is 4. The lowest BCUT2D eigenvalue weighted by Gasteiger charge is -2.42. The minimum Gasteiger partial charge on any atom is -0.337 e. The molecule has 15 heteroatoms. The number of pyridine rings is 1. The van der Waals surface area contributed by atoms with Gasteiger partial charge in [0, 0.05) is 51.4 Å². The fourth-order valence-corrected chi connectivity index (χ4v) is 9.42. The molecule has 3 atom stereocenters. The van der Waals surface area contributed by atoms with Crippen LogP contribution in [0, 0.1) is 11.7 Å². The van der Waals surface area contributed by atoms with Gasteiger partial charge in [0.15, 0.2) is 0 Å². The molecule has 1 amide bonds. The van der Waals surface area contributed by atoms with E-state index in [4.69, 9.17) is 0 Å². The highest BCUT2D eigenvalue weighted by atomic mass is 32.2. The fourth-order valence-electron chi connectivity index (χ4n) is 6.19. The molecule has 0 N–H and O–H groups in total. The number of nitrogens with zero attached hydrogens (tertiary/aromatic N) is 2. The van der Waals surface area contributed by atoms with Crippen molar-refractivity contribution in [3.8, 4) is 0 Å². The highest BCUT2D eigenvalue weighted by Crippen LogP contribution is 2.55. The predicted molar refractivity (Wildman–Crippen MR) is 133 cm³/mol. The van der Waals surface area contributed by atoms with Gasteiger partial charge in [-0.1, -0.05) is 0 Å². The quantitative estimate of drug-likeness (QED) is 0.436. The van der Waals surface area contributed by atoms with Crippen LogP contribution in [0.15, 0.2) is 41.4 Å². The smallest absolute Gasteiger partial charge is 0.337 e. The second-order valence-electron chi connectivity index (χ2n) is 10.5. The van der Waals surface area contributed by atoms with Crippen molar-refractivity contribution in [1.29, 1.82) is 0 Å². The van der Waals surface area contributed by atoms with Crippen molar-refractivity contribution in [1.82, 2.24) is 9.88 Å². The third kappa shape index (κ3) is 4.80. The Morgan fingerprint density at radius 2 is 1.61 bits per heavy atom. The van der Waals surface area contributed by atoms with E-state index in [2.05, 4.69) is 4.98 Å². The summed E-state index contributed by atoms with van der Waals surface area (Å²) in [7, 11) is -3.12. The SMILES string of the molecule is O=C(C1CCS(=O)CC1)N1CCC2(S(=O)c3ccc(F)cc3)c3ncc(C(F)(C(F)(F)F)C(F)(F)F)cc3CCC12. The second-order valence-corrected chi connectivity index (χ2v) is 13.9. The van der Waals surface area contributed by atoms with Crippen molar-refractivity contribution in [2.45, 2.75) is 65.8 Å². The average Bonchev–Trinajstić information content (AvgIpc) is 3.32. The van der Waals surface area contributed by atoms with Gasteiger partial charge in [0.25, 0.3) is 0 Å². The van der Waals surface area contributed by atoms with Crippen LogP contribution in [0.5, 0.6) is 0 Å². The Balaban J connectivity index is 1.61. The number of likely N-dealkylation sites (tertiary alicyclic amines) is 1. The van der Waals surface area contributed by atoms with Crippen LogP contribution in [0.3, 0.4) is 0 Å². The number of carbonyl (C=O) groups is 1. The van der Waals surface area contributed by atoms with E-state index >= 15 is 0 Å². The van der Waals surface area contributed by atoms with Crippen LogP contribution in [0.2, 0.25) is 0 Å². The average molecular weight is 629 g/mol. The largest absolute Gasteiger partial charge is 0.436 e. The van der Waals surface area contributed by atoms with Gasteiger partial charge < -0.3 is 4.90 Å². The predicted octanol–water partition coefficient (Wildman–Crippen LogP) is 5.22. The summed E-state index contributed by atoms with van der Waals surface area (Å²) in [6.07, 6.45) is -11.8. The van der Waals surface area contributed by atoms with Crippen molar-refractivity contribution in [3.05, 3.63) is 59.2 Å². The van der Waals surface area contributed by atoms with E-state index in [1.807, 2.05) is 0 Å². The van der Waals surface area contributed by atoms with Crippen LogP contribution in [0.1, 0.15) is 42.5 Å². The molecule has 2 aromatic rings. The maximum Gasteiger partial charge on any atom is 0.436 e. The molecule has 2 fully saturated rings. The lowest BCUT2D eigenvalue weighted by Crippen LogP contribution is -2.53. The number of carbonyl (C=O) groups excluding carboxylic acids is 1. The van der Waals surface area contributed by atoms with E-state index < -0.39 is 67.7 Å².